The molecule has 0 radical (unpaired) electrons. The number of phenolic OH excluding ortho intramolecular Hbond substituents is 1. The molecule has 0 aliphatic rings. The second-order valence-electron chi connectivity index (χ2n) is 2.75. The van der Waals surface area contributed by atoms with E-state index >= 15 is 0 Å². The molecule has 1 rings (SSSR count). The molecule has 0 fully saturated rings. The van der Waals surface area contributed by atoms with Crippen molar-refractivity contribution in [1.29, 1.82) is 0 Å². The van der Waals surface area contributed by atoms with Crippen LogP contribution in [0.4, 0.5) is 0 Å². The molecule has 0 spiro atoms. The first-order valence-corrected chi connectivity index (χ1v) is 4.22. The summed E-state index contributed by atoms with van der Waals surface area (Å²) < 4.78 is 4.39. The number of aromatic hydroxyl groups is 1. The first-order chi connectivity index (χ1) is 7.19. The summed E-state index contributed by atoms with van der Waals surface area (Å²) in [4.78, 5) is 21.4. The van der Waals surface area contributed by atoms with E-state index in [0.29, 0.717) is 17.4 Å². The average Bonchev–Trinajstić information content (AvgIpc) is 2.26. The van der Waals surface area contributed by atoms with E-state index in [4.69, 9.17) is 0 Å². The van der Waals surface area contributed by atoms with Gasteiger partial charge >= 0.3 is 5.97 Å². The van der Waals surface area contributed by atoms with Crippen molar-refractivity contribution in [2.75, 3.05) is 7.11 Å². The normalized spacial score (nSPS) is 10.2. The zero-order valence-electron chi connectivity index (χ0n) is 8.14. The molecular formula is C11H10O4. The van der Waals surface area contributed by atoms with Gasteiger partial charge in [-0.25, -0.2) is 4.79 Å². The standard InChI is InChI=1S/C11H10O4/c1-15-11(14)6-5-9-8(7-12)3-2-4-10(9)13/h2-7,13H,1H3. The maximum Gasteiger partial charge on any atom is 0.330 e. The van der Waals surface area contributed by atoms with Crippen LogP contribution in [0.5, 0.6) is 5.75 Å². The minimum absolute atomic E-state index is 0.0558. The van der Waals surface area contributed by atoms with Gasteiger partial charge in [-0.15, -0.1) is 0 Å². The Morgan fingerprint density at radius 2 is 2.20 bits per heavy atom. The largest absolute Gasteiger partial charge is 0.507 e. The van der Waals surface area contributed by atoms with Crippen molar-refractivity contribution >= 4 is 18.3 Å². The molecule has 0 bridgehead atoms. The fraction of sp³-hybridized carbons (Fsp3) is 0.0909. The SMILES string of the molecule is COC(=O)C=Cc1c(O)cccc1C=O. The van der Waals surface area contributed by atoms with Gasteiger partial charge in [-0.2, -0.15) is 0 Å². The molecule has 0 amide bonds. The average molecular weight is 206 g/mol. The van der Waals surface area contributed by atoms with E-state index in [1.54, 1.807) is 12.1 Å². The Labute approximate surface area is 86.8 Å². The summed E-state index contributed by atoms with van der Waals surface area (Å²) in [6.45, 7) is 0. The van der Waals surface area contributed by atoms with Gasteiger partial charge in [0.15, 0.2) is 6.29 Å². The lowest BCUT2D eigenvalue weighted by Gasteiger charge is -2.01. The van der Waals surface area contributed by atoms with Gasteiger partial charge < -0.3 is 9.84 Å². The lowest BCUT2D eigenvalue weighted by atomic mass is 10.1. The van der Waals surface area contributed by atoms with Gasteiger partial charge in [0.1, 0.15) is 5.75 Å². The summed E-state index contributed by atoms with van der Waals surface area (Å²) in [5, 5.41) is 9.45. The first-order valence-electron chi connectivity index (χ1n) is 4.22. The number of methoxy groups -OCH3 is 1. The van der Waals surface area contributed by atoms with Crippen molar-refractivity contribution in [1.82, 2.24) is 0 Å². The van der Waals surface area contributed by atoms with Crippen LogP contribution in [0.3, 0.4) is 0 Å². The fourth-order valence-electron chi connectivity index (χ4n) is 1.07. The molecule has 0 saturated carbocycles. The van der Waals surface area contributed by atoms with Crippen molar-refractivity contribution in [3.05, 3.63) is 35.4 Å². The van der Waals surface area contributed by atoms with E-state index in [0.717, 1.165) is 6.08 Å². The predicted octanol–water partition coefficient (Wildman–Crippen LogP) is 1.39. The van der Waals surface area contributed by atoms with Gasteiger partial charge in [-0.3, -0.25) is 4.79 Å². The smallest absolute Gasteiger partial charge is 0.330 e. The zero-order chi connectivity index (χ0) is 11.3. The maximum atomic E-state index is 10.8. The van der Waals surface area contributed by atoms with Crippen LogP contribution in [0.15, 0.2) is 24.3 Å². The molecule has 0 aliphatic heterocycles. The van der Waals surface area contributed by atoms with Gasteiger partial charge in [0.25, 0.3) is 0 Å². The first kappa shape index (κ1) is 11.0. The molecule has 15 heavy (non-hydrogen) atoms. The summed E-state index contributed by atoms with van der Waals surface area (Å²) in [6.07, 6.45) is 3.09. The Balaban J connectivity index is 3.07. The lowest BCUT2D eigenvalue weighted by Crippen LogP contribution is -1.94. The highest BCUT2D eigenvalue weighted by Crippen LogP contribution is 2.21. The molecule has 0 atom stereocenters. The quantitative estimate of drug-likeness (QED) is 0.461. The van der Waals surface area contributed by atoms with E-state index < -0.39 is 5.97 Å². The molecule has 0 saturated heterocycles. The minimum Gasteiger partial charge on any atom is -0.507 e. The number of phenols is 1. The molecule has 1 aromatic carbocycles. The molecule has 4 heteroatoms. The highest BCUT2D eigenvalue weighted by Gasteiger charge is 2.03. The third-order valence-corrected chi connectivity index (χ3v) is 1.83. The Kier molecular flexibility index (Phi) is 3.62. The number of ether oxygens (including phenoxy) is 1. The van der Waals surface area contributed by atoms with E-state index in [-0.39, 0.29) is 5.75 Å². The van der Waals surface area contributed by atoms with Crippen LogP contribution < -0.4 is 0 Å². The third-order valence-electron chi connectivity index (χ3n) is 1.83. The fourth-order valence-corrected chi connectivity index (χ4v) is 1.07. The van der Waals surface area contributed by atoms with Crippen LogP contribution in [-0.2, 0) is 9.53 Å². The summed E-state index contributed by atoms with van der Waals surface area (Å²) in [5.74, 6) is -0.602. The van der Waals surface area contributed by atoms with Crippen LogP contribution in [0.1, 0.15) is 15.9 Å². The van der Waals surface area contributed by atoms with E-state index in [9.17, 15) is 14.7 Å². The van der Waals surface area contributed by atoms with Crippen LogP contribution in [0.25, 0.3) is 6.08 Å². The van der Waals surface area contributed by atoms with E-state index in [2.05, 4.69) is 4.74 Å². The topological polar surface area (TPSA) is 63.6 Å². The summed E-state index contributed by atoms with van der Waals surface area (Å²) in [5.41, 5.74) is 0.619. The van der Waals surface area contributed by atoms with Gasteiger partial charge in [0.05, 0.1) is 7.11 Å². The highest BCUT2D eigenvalue weighted by atomic mass is 16.5. The zero-order valence-corrected chi connectivity index (χ0v) is 8.14. The van der Waals surface area contributed by atoms with Crippen molar-refractivity contribution in [3.8, 4) is 5.75 Å². The number of rotatable bonds is 3. The van der Waals surface area contributed by atoms with Crippen LogP contribution in [0, 0.1) is 0 Å². The molecule has 78 valence electrons. The van der Waals surface area contributed by atoms with Crippen LogP contribution in [-0.4, -0.2) is 24.5 Å². The second-order valence-corrected chi connectivity index (χ2v) is 2.75. The van der Waals surface area contributed by atoms with E-state index in [1.165, 1.54) is 19.3 Å². The Bertz CT molecular complexity index is 407. The number of hydrogen-bond acceptors (Lipinski definition) is 4. The molecule has 1 N–H and O–H groups in total. The number of carbonyl (C=O) groups is 2. The Hall–Kier alpha value is -2.10. The van der Waals surface area contributed by atoms with Gasteiger partial charge in [0, 0.05) is 17.2 Å². The van der Waals surface area contributed by atoms with E-state index in [1.807, 2.05) is 0 Å². The number of hydrogen-bond donors (Lipinski definition) is 1. The van der Waals surface area contributed by atoms with Crippen molar-refractivity contribution < 1.29 is 19.4 Å². The number of esters is 1. The number of aldehydes is 1. The minimum atomic E-state index is -0.546. The molecule has 0 aromatic heterocycles. The van der Waals surface area contributed by atoms with Gasteiger partial charge in [0.2, 0.25) is 0 Å². The Morgan fingerprint density at radius 3 is 2.80 bits per heavy atom. The monoisotopic (exact) mass is 206 g/mol. The number of carbonyl (C=O) groups excluding carboxylic acids is 2. The lowest BCUT2D eigenvalue weighted by molar-refractivity contribution is -0.134. The van der Waals surface area contributed by atoms with Crippen molar-refractivity contribution in [3.63, 3.8) is 0 Å². The summed E-state index contributed by atoms with van der Waals surface area (Å²) >= 11 is 0. The third kappa shape index (κ3) is 2.67. The van der Waals surface area contributed by atoms with Crippen LogP contribution in [0.2, 0.25) is 0 Å². The highest BCUT2D eigenvalue weighted by molar-refractivity contribution is 5.91. The molecule has 0 aliphatic carbocycles. The van der Waals surface area contributed by atoms with Crippen molar-refractivity contribution in [2.24, 2.45) is 0 Å². The molecule has 4 nitrogen and oxygen atoms in total. The predicted molar refractivity (Wildman–Crippen MR) is 54.5 cm³/mol. The molecule has 0 heterocycles. The van der Waals surface area contributed by atoms with Gasteiger partial charge in [-0.1, -0.05) is 12.1 Å². The Morgan fingerprint density at radius 1 is 1.47 bits per heavy atom. The molecule has 0 unspecified atom stereocenters. The number of benzene rings is 1. The molecule has 1 aromatic rings. The molecular weight excluding hydrogens is 196 g/mol. The second kappa shape index (κ2) is 4.95. The van der Waals surface area contributed by atoms with Crippen LogP contribution >= 0.6 is 0 Å². The van der Waals surface area contributed by atoms with Crippen molar-refractivity contribution in [2.45, 2.75) is 0 Å². The van der Waals surface area contributed by atoms with Gasteiger partial charge in [-0.05, 0) is 12.1 Å². The summed E-state index contributed by atoms with van der Waals surface area (Å²) in [7, 11) is 1.25. The maximum absolute atomic E-state index is 10.8. The summed E-state index contributed by atoms with van der Waals surface area (Å²) in [6, 6.07) is 4.53.